The van der Waals surface area contributed by atoms with Crippen molar-refractivity contribution in [3.8, 4) is 0 Å². The van der Waals surface area contributed by atoms with Crippen molar-refractivity contribution in [3.63, 3.8) is 0 Å². The summed E-state index contributed by atoms with van der Waals surface area (Å²) in [7, 11) is 0. The lowest BCUT2D eigenvalue weighted by molar-refractivity contribution is -0.132. The second-order valence-electron chi connectivity index (χ2n) is 5.48. The first-order chi connectivity index (χ1) is 10.8. The molecule has 3 heterocycles. The van der Waals surface area contributed by atoms with Gasteiger partial charge in [0.15, 0.2) is 6.29 Å². The Balaban J connectivity index is 1.50. The molecule has 116 valence electrons. The number of carbonyl (C=O) groups is 2. The molecule has 2 aromatic rings. The minimum Gasteiger partial charge on any atom is -0.304 e. The number of aldehydes is 1. The summed E-state index contributed by atoms with van der Waals surface area (Å²) in [6, 6.07) is 5.95. The third kappa shape index (κ3) is 3.23. The molecule has 0 bridgehead atoms. The van der Waals surface area contributed by atoms with Crippen LogP contribution in [-0.2, 0) is 16.0 Å². The summed E-state index contributed by atoms with van der Waals surface area (Å²) in [5.41, 5.74) is 2.23. The molecule has 1 saturated heterocycles. The Hall–Kier alpha value is -1.66. The van der Waals surface area contributed by atoms with Crippen LogP contribution in [0, 0.1) is 0 Å². The number of ketones is 1. The molecule has 1 atom stereocenters. The SMILES string of the molecule is O=CC(=O)C1CSCN1CCCCc1cccc2nccn12. The summed E-state index contributed by atoms with van der Waals surface area (Å²) in [5, 5.41) is 0. The van der Waals surface area contributed by atoms with Crippen molar-refractivity contribution in [2.75, 3.05) is 18.2 Å². The molecular formula is C16H19N3O2S. The quantitative estimate of drug-likeness (QED) is 0.443. The number of unbranched alkanes of at least 4 members (excludes halogenated alkanes) is 1. The maximum Gasteiger partial charge on any atom is 0.213 e. The Morgan fingerprint density at radius 2 is 2.32 bits per heavy atom. The van der Waals surface area contributed by atoms with Gasteiger partial charge in [-0.3, -0.25) is 14.5 Å². The van der Waals surface area contributed by atoms with Crippen LogP contribution in [0.3, 0.4) is 0 Å². The number of aromatic nitrogens is 2. The van der Waals surface area contributed by atoms with E-state index >= 15 is 0 Å². The topological polar surface area (TPSA) is 54.7 Å². The number of pyridine rings is 1. The zero-order chi connectivity index (χ0) is 15.4. The predicted octanol–water partition coefficient (Wildman–Crippen LogP) is 1.80. The number of thioether (sulfide) groups is 1. The fraction of sp³-hybridized carbons (Fsp3) is 0.438. The molecule has 6 heteroatoms. The molecule has 0 N–H and O–H groups in total. The van der Waals surface area contributed by atoms with E-state index in [1.165, 1.54) is 5.69 Å². The number of rotatable bonds is 7. The first-order valence-electron chi connectivity index (χ1n) is 7.51. The molecular weight excluding hydrogens is 298 g/mol. The Morgan fingerprint density at radius 1 is 1.41 bits per heavy atom. The van der Waals surface area contributed by atoms with Gasteiger partial charge in [-0.2, -0.15) is 0 Å². The minimum absolute atomic E-state index is 0.209. The van der Waals surface area contributed by atoms with Gasteiger partial charge in [0.05, 0.1) is 6.04 Å². The molecule has 5 nitrogen and oxygen atoms in total. The van der Waals surface area contributed by atoms with E-state index in [1.807, 2.05) is 24.5 Å². The van der Waals surface area contributed by atoms with E-state index in [0.29, 0.717) is 6.29 Å². The van der Waals surface area contributed by atoms with Crippen LogP contribution in [0.15, 0.2) is 30.6 Å². The van der Waals surface area contributed by atoms with Gasteiger partial charge >= 0.3 is 0 Å². The molecule has 0 radical (unpaired) electrons. The van der Waals surface area contributed by atoms with Crippen LogP contribution in [0.25, 0.3) is 5.65 Å². The number of fused-ring (bicyclic) bond motifs is 1. The summed E-state index contributed by atoms with van der Waals surface area (Å²) in [6.07, 6.45) is 7.33. The highest BCUT2D eigenvalue weighted by Gasteiger charge is 2.29. The van der Waals surface area contributed by atoms with E-state index in [4.69, 9.17) is 0 Å². The molecule has 0 amide bonds. The van der Waals surface area contributed by atoms with Crippen LogP contribution in [0.5, 0.6) is 0 Å². The fourth-order valence-corrected chi connectivity index (χ4v) is 4.12. The number of carbonyl (C=O) groups excluding carboxylic acids is 2. The third-order valence-electron chi connectivity index (χ3n) is 4.06. The standard InChI is InChI=1S/C16H19N3O2S/c20-10-15(21)14-11-22-12-18(14)8-2-1-4-13-5-3-6-16-17-7-9-19(13)16/h3,5-7,9-10,14H,1-2,4,8,11-12H2. The van der Waals surface area contributed by atoms with Crippen LogP contribution < -0.4 is 0 Å². The zero-order valence-corrected chi connectivity index (χ0v) is 13.2. The van der Waals surface area contributed by atoms with Gasteiger partial charge in [-0.15, -0.1) is 11.8 Å². The third-order valence-corrected chi connectivity index (χ3v) is 5.12. The molecule has 0 saturated carbocycles. The average molecular weight is 317 g/mol. The molecule has 3 rings (SSSR count). The number of Topliss-reactive ketones (excluding diaryl/α,β-unsaturated/α-hetero) is 1. The fourth-order valence-electron chi connectivity index (χ4n) is 2.87. The van der Waals surface area contributed by atoms with Crippen molar-refractivity contribution >= 4 is 29.5 Å². The number of imidazole rings is 1. The first kappa shape index (κ1) is 15.2. The number of nitrogens with zero attached hydrogens (tertiary/aromatic N) is 3. The summed E-state index contributed by atoms with van der Waals surface area (Å²) in [6.45, 7) is 0.872. The van der Waals surface area contributed by atoms with Crippen molar-refractivity contribution in [2.45, 2.75) is 25.3 Å². The van der Waals surface area contributed by atoms with Crippen molar-refractivity contribution < 1.29 is 9.59 Å². The summed E-state index contributed by atoms with van der Waals surface area (Å²) in [5.74, 6) is 1.31. The van der Waals surface area contributed by atoms with Crippen molar-refractivity contribution in [1.82, 2.24) is 14.3 Å². The van der Waals surface area contributed by atoms with E-state index in [-0.39, 0.29) is 11.8 Å². The van der Waals surface area contributed by atoms with Gasteiger partial charge in [-0.25, -0.2) is 4.98 Å². The lowest BCUT2D eigenvalue weighted by Gasteiger charge is -2.20. The molecule has 0 aromatic carbocycles. The van der Waals surface area contributed by atoms with Crippen molar-refractivity contribution in [1.29, 1.82) is 0 Å². The molecule has 22 heavy (non-hydrogen) atoms. The monoisotopic (exact) mass is 317 g/mol. The molecule has 2 aromatic heterocycles. The molecule has 1 aliphatic rings. The van der Waals surface area contributed by atoms with Crippen LogP contribution >= 0.6 is 11.8 Å². The van der Waals surface area contributed by atoms with E-state index < -0.39 is 0 Å². The van der Waals surface area contributed by atoms with Crippen LogP contribution in [0.2, 0.25) is 0 Å². The van der Waals surface area contributed by atoms with Crippen LogP contribution in [0.1, 0.15) is 18.5 Å². The van der Waals surface area contributed by atoms with E-state index in [9.17, 15) is 9.59 Å². The van der Waals surface area contributed by atoms with Gasteiger partial charge in [0, 0.05) is 29.7 Å². The van der Waals surface area contributed by atoms with Crippen molar-refractivity contribution in [3.05, 3.63) is 36.3 Å². The largest absolute Gasteiger partial charge is 0.304 e. The molecule has 1 fully saturated rings. The maximum atomic E-state index is 11.6. The van der Waals surface area contributed by atoms with Gasteiger partial charge in [-0.1, -0.05) is 6.07 Å². The summed E-state index contributed by atoms with van der Waals surface area (Å²) >= 11 is 1.73. The van der Waals surface area contributed by atoms with E-state index in [1.54, 1.807) is 11.8 Å². The summed E-state index contributed by atoms with van der Waals surface area (Å²) in [4.78, 5) is 28.6. The number of hydrogen-bond donors (Lipinski definition) is 0. The van der Waals surface area contributed by atoms with Gasteiger partial charge in [-0.05, 0) is 37.9 Å². The first-order valence-corrected chi connectivity index (χ1v) is 8.67. The second-order valence-corrected chi connectivity index (χ2v) is 6.48. The Morgan fingerprint density at radius 3 is 3.18 bits per heavy atom. The summed E-state index contributed by atoms with van der Waals surface area (Å²) < 4.78 is 2.12. The van der Waals surface area contributed by atoms with E-state index in [0.717, 1.165) is 43.1 Å². The maximum absolute atomic E-state index is 11.6. The van der Waals surface area contributed by atoms with Gasteiger partial charge in [0.25, 0.3) is 0 Å². The minimum atomic E-state index is -0.284. The molecule has 0 spiro atoms. The Kier molecular flexibility index (Phi) is 4.90. The highest BCUT2D eigenvalue weighted by atomic mass is 32.2. The van der Waals surface area contributed by atoms with Crippen LogP contribution in [-0.4, -0.2) is 50.6 Å². The van der Waals surface area contributed by atoms with Gasteiger partial charge < -0.3 is 4.40 Å². The smallest absolute Gasteiger partial charge is 0.213 e. The van der Waals surface area contributed by atoms with E-state index in [2.05, 4.69) is 20.4 Å². The Bertz CT molecular complexity index is 670. The molecule has 1 aliphatic heterocycles. The Labute approximate surface area is 133 Å². The second kappa shape index (κ2) is 7.07. The van der Waals surface area contributed by atoms with Crippen molar-refractivity contribution in [2.24, 2.45) is 0 Å². The predicted molar refractivity (Wildman–Crippen MR) is 87.0 cm³/mol. The normalized spacial score (nSPS) is 18.8. The average Bonchev–Trinajstić information content (AvgIpc) is 3.19. The van der Waals surface area contributed by atoms with Gasteiger partial charge in [0.1, 0.15) is 5.65 Å². The highest BCUT2D eigenvalue weighted by molar-refractivity contribution is 7.99. The number of aryl methyl sites for hydroxylation is 1. The van der Waals surface area contributed by atoms with Gasteiger partial charge in [0.2, 0.25) is 5.78 Å². The van der Waals surface area contributed by atoms with Crippen LogP contribution in [0.4, 0.5) is 0 Å². The highest BCUT2D eigenvalue weighted by Crippen LogP contribution is 2.21. The zero-order valence-electron chi connectivity index (χ0n) is 12.4. The molecule has 1 unspecified atom stereocenters. The number of hydrogen-bond acceptors (Lipinski definition) is 5. The lowest BCUT2D eigenvalue weighted by atomic mass is 10.1. The molecule has 0 aliphatic carbocycles. The lowest BCUT2D eigenvalue weighted by Crippen LogP contribution is -2.38.